The molecule has 0 aromatic carbocycles. The van der Waals surface area contributed by atoms with E-state index in [2.05, 4.69) is 48.1 Å². The molecule has 0 saturated carbocycles. The quantitative estimate of drug-likeness (QED) is 0.557. The number of thioether (sulfide) groups is 1. The van der Waals surface area contributed by atoms with Crippen molar-refractivity contribution in [1.82, 2.24) is 15.5 Å². The maximum Gasteiger partial charge on any atom is 0.191 e. The monoisotopic (exact) mass is 326 g/mol. The fourth-order valence-corrected chi connectivity index (χ4v) is 4.57. The zero-order valence-corrected chi connectivity index (χ0v) is 15.4. The molecule has 0 radical (unpaired) electrons. The highest BCUT2D eigenvalue weighted by molar-refractivity contribution is 8.00. The van der Waals surface area contributed by atoms with E-state index in [1.807, 2.05) is 0 Å². The first-order valence-corrected chi connectivity index (χ1v) is 10.1. The molecule has 128 valence electrons. The van der Waals surface area contributed by atoms with Crippen molar-refractivity contribution in [3.05, 3.63) is 0 Å². The van der Waals surface area contributed by atoms with Gasteiger partial charge < -0.3 is 10.6 Å². The zero-order chi connectivity index (χ0) is 15.8. The fraction of sp³-hybridized carbons (Fsp3) is 0.941. The molecule has 2 heterocycles. The number of rotatable bonds is 7. The number of aliphatic imine (C=N–C) groups is 1. The van der Waals surface area contributed by atoms with Gasteiger partial charge in [-0.2, -0.15) is 11.8 Å². The summed E-state index contributed by atoms with van der Waals surface area (Å²) >= 11 is 2.10. The van der Waals surface area contributed by atoms with Gasteiger partial charge in [-0.3, -0.25) is 9.89 Å². The Bertz CT molecular complexity index is 340. The molecule has 0 aromatic rings. The molecule has 0 bridgehead atoms. The molecule has 2 aliphatic rings. The average Bonchev–Trinajstić information content (AvgIpc) is 3.13. The van der Waals surface area contributed by atoms with Crippen LogP contribution < -0.4 is 10.6 Å². The molecule has 0 amide bonds. The Balaban J connectivity index is 1.80. The maximum absolute atomic E-state index is 4.86. The van der Waals surface area contributed by atoms with Crippen LogP contribution >= 0.6 is 11.8 Å². The zero-order valence-electron chi connectivity index (χ0n) is 14.6. The van der Waals surface area contributed by atoms with Gasteiger partial charge in [-0.25, -0.2) is 0 Å². The minimum atomic E-state index is 0.638. The lowest BCUT2D eigenvalue weighted by Crippen LogP contribution is -2.41. The van der Waals surface area contributed by atoms with E-state index in [1.54, 1.807) is 0 Å². The van der Waals surface area contributed by atoms with E-state index in [4.69, 9.17) is 4.99 Å². The Morgan fingerprint density at radius 2 is 2.14 bits per heavy atom. The van der Waals surface area contributed by atoms with Crippen LogP contribution in [0.3, 0.4) is 0 Å². The third kappa shape index (κ3) is 5.99. The molecule has 0 aliphatic carbocycles. The van der Waals surface area contributed by atoms with E-state index in [0.29, 0.717) is 6.04 Å². The highest BCUT2D eigenvalue weighted by Gasteiger charge is 2.24. The molecule has 2 atom stereocenters. The van der Waals surface area contributed by atoms with Crippen LogP contribution in [0.5, 0.6) is 0 Å². The Hall–Kier alpha value is -0.420. The molecular weight excluding hydrogens is 292 g/mol. The molecule has 4 nitrogen and oxygen atoms in total. The van der Waals surface area contributed by atoms with Crippen molar-refractivity contribution in [2.75, 3.05) is 38.5 Å². The molecule has 2 rings (SSSR count). The van der Waals surface area contributed by atoms with Gasteiger partial charge in [0, 0.05) is 30.9 Å². The first-order valence-electron chi connectivity index (χ1n) is 9.07. The lowest BCUT2D eigenvalue weighted by molar-refractivity contribution is 0.231. The lowest BCUT2D eigenvalue weighted by atomic mass is 10.2. The number of guanidine groups is 1. The maximum atomic E-state index is 4.86. The van der Waals surface area contributed by atoms with E-state index < -0.39 is 0 Å². The predicted octanol–water partition coefficient (Wildman–Crippen LogP) is 2.56. The third-order valence-corrected chi connectivity index (χ3v) is 5.82. The van der Waals surface area contributed by atoms with Crippen molar-refractivity contribution in [2.24, 2.45) is 10.9 Å². The SMILES string of the molecule is CCNC(=NC[C@H]1CCCN1CC(C)C)NCC1CCCS1. The molecule has 2 aliphatic heterocycles. The van der Waals surface area contributed by atoms with Crippen molar-refractivity contribution in [3.8, 4) is 0 Å². The number of hydrogen-bond donors (Lipinski definition) is 2. The summed E-state index contributed by atoms with van der Waals surface area (Å²) in [6, 6.07) is 0.638. The van der Waals surface area contributed by atoms with Crippen LogP contribution in [-0.2, 0) is 0 Å². The van der Waals surface area contributed by atoms with Crippen LogP contribution in [-0.4, -0.2) is 60.6 Å². The Morgan fingerprint density at radius 3 is 2.82 bits per heavy atom. The normalized spacial score (nSPS) is 26.8. The Labute approximate surface area is 140 Å². The highest BCUT2D eigenvalue weighted by Crippen LogP contribution is 2.25. The van der Waals surface area contributed by atoms with Crippen molar-refractivity contribution < 1.29 is 0 Å². The van der Waals surface area contributed by atoms with Crippen molar-refractivity contribution in [3.63, 3.8) is 0 Å². The lowest BCUT2D eigenvalue weighted by Gasteiger charge is -2.25. The van der Waals surface area contributed by atoms with E-state index >= 15 is 0 Å². The van der Waals surface area contributed by atoms with Gasteiger partial charge in [-0.05, 0) is 50.8 Å². The third-order valence-electron chi connectivity index (χ3n) is 4.42. The van der Waals surface area contributed by atoms with Gasteiger partial charge in [0.15, 0.2) is 5.96 Å². The summed E-state index contributed by atoms with van der Waals surface area (Å²) in [6.45, 7) is 12.1. The second-order valence-corrected chi connectivity index (χ2v) is 8.33. The molecular formula is C17H34N4S. The van der Waals surface area contributed by atoms with Crippen LogP contribution in [0.1, 0.15) is 46.5 Å². The van der Waals surface area contributed by atoms with Gasteiger partial charge in [0.2, 0.25) is 0 Å². The van der Waals surface area contributed by atoms with E-state index in [9.17, 15) is 0 Å². The highest BCUT2D eigenvalue weighted by atomic mass is 32.2. The second-order valence-electron chi connectivity index (χ2n) is 6.92. The molecule has 2 N–H and O–H groups in total. The molecule has 0 spiro atoms. The van der Waals surface area contributed by atoms with Crippen LogP contribution in [0.2, 0.25) is 0 Å². The Kier molecular flexibility index (Phi) is 7.87. The van der Waals surface area contributed by atoms with Gasteiger partial charge in [0.25, 0.3) is 0 Å². The van der Waals surface area contributed by atoms with Crippen LogP contribution in [0, 0.1) is 5.92 Å². The summed E-state index contributed by atoms with van der Waals surface area (Å²) < 4.78 is 0. The number of likely N-dealkylation sites (tertiary alicyclic amines) is 1. The number of hydrogen-bond acceptors (Lipinski definition) is 3. The number of nitrogens with one attached hydrogen (secondary N) is 2. The van der Waals surface area contributed by atoms with Crippen molar-refractivity contribution >= 4 is 17.7 Å². The summed E-state index contributed by atoms with van der Waals surface area (Å²) in [6.07, 6.45) is 5.35. The van der Waals surface area contributed by atoms with Crippen molar-refractivity contribution in [1.29, 1.82) is 0 Å². The van der Waals surface area contributed by atoms with Gasteiger partial charge in [-0.15, -0.1) is 0 Å². The predicted molar refractivity (Wildman–Crippen MR) is 98.9 cm³/mol. The summed E-state index contributed by atoms with van der Waals surface area (Å²) in [5.74, 6) is 3.08. The Morgan fingerprint density at radius 1 is 1.27 bits per heavy atom. The van der Waals surface area contributed by atoms with E-state index in [0.717, 1.165) is 36.8 Å². The molecule has 2 fully saturated rings. The molecule has 5 heteroatoms. The summed E-state index contributed by atoms with van der Waals surface area (Å²) in [5.41, 5.74) is 0. The largest absolute Gasteiger partial charge is 0.357 e. The molecule has 1 unspecified atom stereocenters. The van der Waals surface area contributed by atoms with E-state index in [-0.39, 0.29) is 0 Å². The molecule has 2 saturated heterocycles. The standard InChI is InChI=1S/C17H34N4S/c1-4-18-17(20-12-16-8-6-10-22-16)19-11-15-7-5-9-21(15)13-14(2)3/h14-16H,4-13H2,1-3H3,(H2,18,19,20)/t15-,16?/m1/s1. The topological polar surface area (TPSA) is 39.7 Å². The van der Waals surface area contributed by atoms with Gasteiger partial charge in [0.1, 0.15) is 0 Å². The average molecular weight is 327 g/mol. The smallest absolute Gasteiger partial charge is 0.191 e. The van der Waals surface area contributed by atoms with Crippen LogP contribution in [0.15, 0.2) is 4.99 Å². The van der Waals surface area contributed by atoms with Crippen molar-refractivity contribution in [2.45, 2.75) is 57.7 Å². The minimum Gasteiger partial charge on any atom is -0.357 e. The van der Waals surface area contributed by atoms with Gasteiger partial charge in [-0.1, -0.05) is 13.8 Å². The van der Waals surface area contributed by atoms with E-state index in [1.165, 1.54) is 44.5 Å². The van der Waals surface area contributed by atoms with Gasteiger partial charge in [0.05, 0.1) is 6.54 Å². The number of nitrogens with zero attached hydrogens (tertiary/aromatic N) is 2. The first-order chi connectivity index (χ1) is 10.7. The van der Waals surface area contributed by atoms with Crippen LogP contribution in [0.25, 0.3) is 0 Å². The summed E-state index contributed by atoms with van der Waals surface area (Å²) in [5, 5.41) is 7.71. The van der Waals surface area contributed by atoms with Gasteiger partial charge >= 0.3 is 0 Å². The fourth-order valence-electron chi connectivity index (χ4n) is 3.37. The second kappa shape index (κ2) is 9.66. The van der Waals surface area contributed by atoms with Crippen LogP contribution in [0.4, 0.5) is 0 Å². The first kappa shape index (κ1) is 17.9. The summed E-state index contributed by atoms with van der Waals surface area (Å²) in [7, 11) is 0. The molecule has 0 aromatic heterocycles. The molecule has 22 heavy (non-hydrogen) atoms. The summed E-state index contributed by atoms with van der Waals surface area (Å²) in [4.78, 5) is 7.49. The minimum absolute atomic E-state index is 0.638.